The van der Waals surface area contributed by atoms with Crippen LogP contribution in [0.4, 0.5) is 5.82 Å². The summed E-state index contributed by atoms with van der Waals surface area (Å²) < 4.78 is 0. The Balaban J connectivity index is 2.90. The van der Waals surface area contributed by atoms with Gasteiger partial charge in [0.1, 0.15) is 16.8 Å². The van der Waals surface area contributed by atoms with Gasteiger partial charge in [0.05, 0.1) is 12.6 Å². The highest BCUT2D eigenvalue weighted by Gasteiger charge is 2.14. The van der Waals surface area contributed by atoms with Gasteiger partial charge in [0, 0.05) is 12.0 Å². The molecule has 0 bridgehead atoms. The molecule has 0 spiro atoms. The number of hydrogen-bond donors (Lipinski definition) is 2. The van der Waals surface area contributed by atoms with E-state index in [1.807, 2.05) is 27.7 Å². The zero-order chi connectivity index (χ0) is 13.0. The van der Waals surface area contributed by atoms with Crippen LogP contribution < -0.4 is 5.32 Å². The molecule has 96 valence electrons. The smallest absolute Gasteiger partial charge is 0.135 e. The van der Waals surface area contributed by atoms with E-state index in [0.717, 1.165) is 0 Å². The summed E-state index contributed by atoms with van der Waals surface area (Å²) in [5, 5.41) is 12.9. The third-order valence-electron chi connectivity index (χ3n) is 2.56. The average molecular weight is 258 g/mol. The van der Waals surface area contributed by atoms with Gasteiger partial charge in [-0.25, -0.2) is 9.97 Å². The first-order valence-electron chi connectivity index (χ1n) is 5.86. The molecule has 0 saturated carbocycles. The quantitative estimate of drug-likeness (QED) is 0.797. The Morgan fingerprint density at radius 3 is 2.41 bits per heavy atom. The van der Waals surface area contributed by atoms with Crippen LogP contribution in [0, 0.1) is 5.92 Å². The summed E-state index contributed by atoms with van der Waals surface area (Å²) in [4.78, 5) is 8.55. The van der Waals surface area contributed by atoms with Crippen LogP contribution >= 0.6 is 11.6 Å². The van der Waals surface area contributed by atoms with Crippen molar-refractivity contribution in [3.63, 3.8) is 0 Å². The molecule has 0 fully saturated rings. The Labute approximate surface area is 107 Å². The second-order valence-electron chi connectivity index (χ2n) is 4.77. The van der Waals surface area contributed by atoms with Gasteiger partial charge >= 0.3 is 0 Å². The van der Waals surface area contributed by atoms with E-state index in [0.29, 0.717) is 22.7 Å². The third-order valence-corrected chi connectivity index (χ3v) is 2.76. The molecule has 0 aliphatic carbocycles. The third kappa shape index (κ3) is 4.13. The predicted octanol–water partition coefficient (Wildman–Crippen LogP) is 2.68. The molecule has 0 aliphatic rings. The largest absolute Gasteiger partial charge is 0.394 e. The van der Waals surface area contributed by atoms with Crippen molar-refractivity contribution in [1.29, 1.82) is 0 Å². The number of aliphatic hydroxyl groups is 1. The van der Waals surface area contributed by atoms with Crippen LogP contribution in [0.15, 0.2) is 6.07 Å². The molecule has 0 aromatic carbocycles. The molecule has 5 heteroatoms. The minimum absolute atomic E-state index is 0.0269. The lowest BCUT2D eigenvalue weighted by Crippen LogP contribution is -2.30. The van der Waals surface area contributed by atoms with Crippen LogP contribution in [-0.2, 0) is 0 Å². The van der Waals surface area contributed by atoms with Crippen LogP contribution in [0.5, 0.6) is 0 Å². The number of rotatable bonds is 5. The van der Waals surface area contributed by atoms with Crippen LogP contribution in [0.2, 0.25) is 5.15 Å². The van der Waals surface area contributed by atoms with Crippen molar-refractivity contribution < 1.29 is 5.11 Å². The minimum Gasteiger partial charge on any atom is -0.394 e. The van der Waals surface area contributed by atoms with Gasteiger partial charge in [-0.05, 0) is 5.92 Å². The fourth-order valence-corrected chi connectivity index (χ4v) is 1.57. The highest BCUT2D eigenvalue weighted by molar-refractivity contribution is 6.29. The maximum absolute atomic E-state index is 9.27. The van der Waals surface area contributed by atoms with E-state index in [1.54, 1.807) is 6.07 Å². The van der Waals surface area contributed by atoms with E-state index in [1.165, 1.54) is 0 Å². The summed E-state index contributed by atoms with van der Waals surface area (Å²) in [6.07, 6.45) is 0. The van der Waals surface area contributed by atoms with Crippen LogP contribution in [-0.4, -0.2) is 27.7 Å². The number of nitrogens with one attached hydrogen (secondary N) is 1. The van der Waals surface area contributed by atoms with Gasteiger partial charge in [0.15, 0.2) is 0 Å². The normalized spacial score (nSPS) is 13.2. The first kappa shape index (κ1) is 14.2. The molecular formula is C12H20ClN3O. The topological polar surface area (TPSA) is 58.0 Å². The highest BCUT2D eigenvalue weighted by atomic mass is 35.5. The van der Waals surface area contributed by atoms with Crippen LogP contribution in [0.3, 0.4) is 0 Å². The summed E-state index contributed by atoms with van der Waals surface area (Å²) in [6, 6.07) is 1.65. The van der Waals surface area contributed by atoms with Crippen molar-refractivity contribution in [2.24, 2.45) is 5.92 Å². The van der Waals surface area contributed by atoms with Crippen LogP contribution in [0.25, 0.3) is 0 Å². The lowest BCUT2D eigenvalue weighted by molar-refractivity contribution is 0.249. The van der Waals surface area contributed by atoms with Gasteiger partial charge < -0.3 is 10.4 Å². The van der Waals surface area contributed by atoms with Gasteiger partial charge in [-0.2, -0.15) is 0 Å². The lowest BCUT2D eigenvalue weighted by Gasteiger charge is -2.21. The fraction of sp³-hybridized carbons (Fsp3) is 0.667. The summed E-state index contributed by atoms with van der Waals surface area (Å²) in [5.41, 5.74) is 0. The molecule has 1 atom stereocenters. The molecule has 1 heterocycles. The molecule has 0 radical (unpaired) electrons. The minimum atomic E-state index is -0.0269. The molecule has 0 amide bonds. The van der Waals surface area contributed by atoms with Gasteiger partial charge in [-0.15, -0.1) is 0 Å². The van der Waals surface area contributed by atoms with E-state index in [2.05, 4.69) is 15.3 Å². The summed E-state index contributed by atoms with van der Waals surface area (Å²) in [5.74, 6) is 1.92. The summed E-state index contributed by atoms with van der Waals surface area (Å²) >= 11 is 5.95. The van der Waals surface area contributed by atoms with E-state index in [-0.39, 0.29) is 18.6 Å². The molecule has 4 nitrogen and oxygen atoms in total. The SMILES string of the molecule is CC(C)c1nc(Cl)cc(N[C@H](CO)C(C)C)n1. The zero-order valence-corrected chi connectivity index (χ0v) is 11.5. The Bertz CT molecular complexity index is 369. The molecule has 2 N–H and O–H groups in total. The number of anilines is 1. The van der Waals surface area contributed by atoms with Crippen molar-refractivity contribution in [2.75, 3.05) is 11.9 Å². The summed E-state index contributed by atoms with van der Waals surface area (Å²) in [6.45, 7) is 8.18. The Kier molecular flexibility index (Phi) is 5.15. The van der Waals surface area contributed by atoms with E-state index in [4.69, 9.17) is 11.6 Å². The van der Waals surface area contributed by atoms with E-state index >= 15 is 0 Å². The maximum atomic E-state index is 9.27. The highest BCUT2D eigenvalue weighted by Crippen LogP contribution is 2.18. The number of aliphatic hydroxyl groups excluding tert-OH is 1. The molecule has 0 saturated heterocycles. The summed E-state index contributed by atoms with van der Waals surface area (Å²) in [7, 11) is 0. The monoisotopic (exact) mass is 257 g/mol. The standard InChI is InChI=1S/C12H20ClN3O/c1-7(2)9(6-17)14-11-5-10(13)15-12(16-11)8(3)4/h5,7-9,17H,6H2,1-4H3,(H,14,15,16)/t9-/m1/s1. The Morgan fingerprint density at radius 1 is 1.29 bits per heavy atom. The zero-order valence-electron chi connectivity index (χ0n) is 10.7. The molecule has 1 aromatic rings. The lowest BCUT2D eigenvalue weighted by atomic mass is 10.1. The van der Waals surface area contributed by atoms with Gasteiger partial charge in [0.2, 0.25) is 0 Å². The van der Waals surface area contributed by atoms with E-state index in [9.17, 15) is 5.11 Å². The van der Waals surface area contributed by atoms with Gasteiger partial charge in [0.25, 0.3) is 0 Å². The molecule has 17 heavy (non-hydrogen) atoms. The Morgan fingerprint density at radius 2 is 1.94 bits per heavy atom. The first-order valence-corrected chi connectivity index (χ1v) is 6.23. The second kappa shape index (κ2) is 6.17. The van der Waals surface area contributed by atoms with Gasteiger partial charge in [-0.1, -0.05) is 39.3 Å². The number of hydrogen-bond acceptors (Lipinski definition) is 4. The second-order valence-corrected chi connectivity index (χ2v) is 5.15. The van der Waals surface area contributed by atoms with Crippen LogP contribution in [0.1, 0.15) is 39.4 Å². The van der Waals surface area contributed by atoms with Crippen molar-refractivity contribution in [3.05, 3.63) is 17.0 Å². The van der Waals surface area contributed by atoms with Crippen molar-refractivity contribution >= 4 is 17.4 Å². The predicted molar refractivity (Wildman–Crippen MR) is 70.5 cm³/mol. The van der Waals surface area contributed by atoms with Crippen molar-refractivity contribution in [3.8, 4) is 0 Å². The number of halogens is 1. The first-order chi connectivity index (χ1) is 7.93. The van der Waals surface area contributed by atoms with E-state index < -0.39 is 0 Å². The molecule has 1 rings (SSSR count). The number of aromatic nitrogens is 2. The molecule has 0 unspecified atom stereocenters. The fourth-order valence-electron chi connectivity index (χ4n) is 1.38. The Hall–Kier alpha value is -0.870. The molecule has 0 aliphatic heterocycles. The number of nitrogens with zero attached hydrogens (tertiary/aromatic N) is 2. The van der Waals surface area contributed by atoms with Gasteiger partial charge in [-0.3, -0.25) is 0 Å². The molecule has 1 aromatic heterocycles. The molecular weight excluding hydrogens is 238 g/mol. The average Bonchev–Trinajstić information content (AvgIpc) is 2.24. The maximum Gasteiger partial charge on any atom is 0.135 e. The van der Waals surface area contributed by atoms with Crippen molar-refractivity contribution in [2.45, 2.75) is 39.7 Å². The van der Waals surface area contributed by atoms with Crippen molar-refractivity contribution in [1.82, 2.24) is 9.97 Å².